The van der Waals surface area contributed by atoms with Crippen molar-refractivity contribution in [2.45, 2.75) is 43.7 Å². The van der Waals surface area contributed by atoms with Gasteiger partial charge in [-0.15, -0.1) is 12.4 Å². The molecule has 2 N–H and O–H groups in total. The van der Waals surface area contributed by atoms with E-state index in [9.17, 15) is 4.79 Å². The van der Waals surface area contributed by atoms with Gasteiger partial charge in [-0.05, 0) is 32.6 Å². The van der Waals surface area contributed by atoms with Gasteiger partial charge in [0.25, 0.3) is 0 Å². The van der Waals surface area contributed by atoms with E-state index in [0.29, 0.717) is 26.1 Å². The third kappa shape index (κ3) is 2.12. The highest BCUT2D eigenvalue weighted by Gasteiger charge is 2.53. The maximum atomic E-state index is 11.7. The predicted molar refractivity (Wildman–Crippen MR) is 58.0 cm³/mol. The molecular weight excluding hydrogens is 218 g/mol. The minimum Gasteiger partial charge on any atom is -0.464 e. The zero-order valence-electron chi connectivity index (χ0n) is 8.95. The average Bonchev–Trinajstić information content (AvgIpc) is 2.20. The molecule has 0 aromatic heterocycles. The molecule has 0 spiro atoms. The van der Waals surface area contributed by atoms with Gasteiger partial charge >= 0.3 is 5.97 Å². The third-order valence-corrected chi connectivity index (χ3v) is 3.34. The summed E-state index contributed by atoms with van der Waals surface area (Å²) in [6.07, 6.45) is 3.16. The van der Waals surface area contributed by atoms with Gasteiger partial charge in [0, 0.05) is 5.54 Å². The first kappa shape index (κ1) is 12.7. The second kappa shape index (κ2) is 4.28. The maximum Gasteiger partial charge on any atom is 0.338 e. The molecule has 3 aliphatic rings. The minimum absolute atomic E-state index is 0. The van der Waals surface area contributed by atoms with Crippen LogP contribution >= 0.6 is 12.4 Å². The Bertz CT molecular complexity index is 233. The highest BCUT2D eigenvalue weighted by Crippen LogP contribution is 2.42. The molecule has 3 fully saturated rings. The number of carbonyl (C=O) groups excluding carboxylic acids is 1. The van der Waals surface area contributed by atoms with Crippen molar-refractivity contribution >= 4 is 18.4 Å². The van der Waals surface area contributed by atoms with Crippen molar-refractivity contribution in [3.63, 3.8) is 0 Å². The number of fused-ring (bicyclic) bond motifs is 3. The van der Waals surface area contributed by atoms with E-state index in [2.05, 4.69) is 0 Å². The standard InChI is InChI=1S/C10H17NO3.ClH/c1-2-13-8(12)10-5-3-9(11,4-6-10)7-14-10;/h2-7,11H2,1H3;1H. The van der Waals surface area contributed by atoms with Crippen LogP contribution in [0.4, 0.5) is 0 Å². The van der Waals surface area contributed by atoms with Gasteiger partial charge < -0.3 is 15.2 Å². The van der Waals surface area contributed by atoms with Crippen molar-refractivity contribution in [3.05, 3.63) is 0 Å². The zero-order valence-corrected chi connectivity index (χ0v) is 9.77. The normalized spacial score (nSPS) is 38.3. The van der Waals surface area contributed by atoms with Crippen molar-refractivity contribution in [2.75, 3.05) is 13.2 Å². The number of carbonyl (C=O) groups is 1. The van der Waals surface area contributed by atoms with Gasteiger partial charge in [0.2, 0.25) is 0 Å². The average molecular weight is 236 g/mol. The highest BCUT2D eigenvalue weighted by molar-refractivity contribution is 5.85. The summed E-state index contributed by atoms with van der Waals surface area (Å²) >= 11 is 0. The smallest absolute Gasteiger partial charge is 0.338 e. The number of hydrogen-bond acceptors (Lipinski definition) is 4. The van der Waals surface area contributed by atoms with Crippen LogP contribution in [0.15, 0.2) is 0 Å². The first-order valence-electron chi connectivity index (χ1n) is 5.20. The number of esters is 1. The molecule has 0 amide bonds. The van der Waals surface area contributed by atoms with Crippen LogP contribution in [0.5, 0.6) is 0 Å². The summed E-state index contributed by atoms with van der Waals surface area (Å²) < 4.78 is 10.6. The summed E-state index contributed by atoms with van der Waals surface area (Å²) in [5.74, 6) is -0.207. The largest absolute Gasteiger partial charge is 0.464 e. The Morgan fingerprint density at radius 3 is 2.40 bits per heavy atom. The van der Waals surface area contributed by atoms with Crippen molar-refractivity contribution in [2.24, 2.45) is 5.73 Å². The Labute approximate surface area is 95.9 Å². The SMILES string of the molecule is CCOC(=O)C12CCC(N)(CC1)CO2.Cl. The number of nitrogens with two attached hydrogens (primary N) is 1. The predicted octanol–water partition coefficient (Wildman–Crippen LogP) is 1.01. The summed E-state index contributed by atoms with van der Waals surface area (Å²) in [5, 5.41) is 0. The lowest BCUT2D eigenvalue weighted by molar-refractivity contribution is -0.198. The fourth-order valence-electron chi connectivity index (χ4n) is 2.25. The minimum atomic E-state index is -0.670. The molecule has 5 heteroatoms. The molecule has 0 aromatic carbocycles. The molecule has 1 aliphatic carbocycles. The van der Waals surface area contributed by atoms with Crippen molar-refractivity contribution in [1.82, 2.24) is 0 Å². The van der Waals surface area contributed by atoms with Gasteiger partial charge in [-0.2, -0.15) is 0 Å². The van der Waals surface area contributed by atoms with E-state index in [0.717, 1.165) is 12.8 Å². The topological polar surface area (TPSA) is 61.5 Å². The van der Waals surface area contributed by atoms with Crippen molar-refractivity contribution in [1.29, 1.82) is 0 Å². The first-order valence-corrected chi connectivity index (χ1v) is 5.20. The fraction of sp³-hybridized carbons (Fsp3) is 0.900. The molecular formula is C10H18ClNO3. The Morgan fingerprint density at radius 1 is 1.40 bits per heavy atom. The maximum absolute atomic E-state index is 11.7. The van der Waals surface area contributed by atoms with Crippen LogP contribution in [0.25, 0.3) is 0 Å². The molecule has 2 saturated heterocycles. The van der Waals surface area contributed by atoms with E-state index < -0.39 is 5.60 Å². The Hall–Kier alpha value is -0.320. The highest BCUT2D eigenvalue weighted by atomic mass is 35.5. The van der Waals surface area contributed by atoms with Crippen LogP contribution < -0.4 is 5.73 Å². The summed E-state index contributed by atoms with van der Waals surface area (Å²) in [6, 6.07) is 0. The van der Waals surface area contributed by atoms with Gasteiger partial charge in [-0.3, -0.25) is 0 Å². The van der Waals surface area contributed by atoms with Crippen LogP contribution in [0.3, 0.4) is 0 Å². The molecule has 2 heterocycles. The second-order valence-electron chi connectivity index (χ2n) is 4.37. The molecule has 15 heavy (non-hydrogen) atoms. The molecule has 88 valence electrons. The monoisotopic (exact) mass is 235 g/mol. The lowest BCUT2D eigenvalue weighted by Gasteiger charge is -2.49. The van der Waals surface area contributed by atoms with Gasteiger partial charge in [0.15, 0.2) is 5.60 Å². The third-order valence-electron chi connectivity index (χ3n) is 3.34. The Kier molecular flexibility index (Phi) is 3.63. The summed E-state index contributed by atoms with van der Waals surface area (Å²) in [6.45, 7) is 2.72. The fourth-order valence-corrected chi connectivity index (χ4v) is 2.25. The van der Waals surface area contributed by atoms with Gasteiger partial charge in [-0.25, -0.2) is 4.79 Å². The quantitative estimate of drug-likeness (QED) is 0.726. The molecule has 2 aliphatic heterocycles. The van der Waals surface area contributed by atoms with Crippen LogP contribution in [0.1, 0.15) is 32.6 Å². The molecule has 0 atom stereocenters. The molecule has 2 bridgehead atoms. The van der Waals surface area contributed by atoms with Crippen molar-refractivity contribution in [3.8, 4) is 0 Å². The number of ether oxygens (including phenoxy) is 2. The molecule has 3 rings (SSSR count). The summed E-state index contributed by atoms with van der Waals surface area (Å²) in [4.78, 5) is 11.7. The van der Waals surface area contributed by atoms with E-state index >= 15 is 0 Å². The van der Waals surface area contributed by atoms with E-state index in [1.165, 1.54) is 0 Å². The van der Waals surface area contributed by atoms with E-state index in [-0.39, 0.29) is 23.9 Å². The molecule has 1 saturated carbocycles. The number of halogens is 1. The Balaban J connectivity index is 0.00000112. The van der Waals surface area contributed by atoms with Crippen LogP contribution in [-0.4, -0.2) is 30.3 Å². The van der Waals surface area contributed by atoms with Crippen LogP contribution in [0.2, 0.25) is 0 Å². The summed E-state index contributed by atoms with van der Waals surface area (Å²) in [7, 11) is 0. The lowest BCUT2D eigenvalue weighted by atomic mass is 9.72. The van der Waals surface area contributed by atoms with Gasteiger partial charge in [0.05, 0.1) is 13.2 Å². The van der Waals surface area contributed by atoms with E-state index in [4.69, 9.17) is 15.2 Å². The van der Waals surface area contributed by atoms with Crippen LogP contribution in [-0.2, 0) is 14.3 Å². The van der Waals surface area contributed by atoms with E-state index in [1.54, 1.807) is 0 Å². The first-order chi connectivity index (χ1) is 6.60. The molecule has 0 aromatic rings. The molecule has 4 nitrogen and oxygen atoms in total. The zero-order chi connectivity index (χ0) is 10.2. The molecule has 0 unspecified atom stereocenters. The Morgan fingerprint density at radius 2 is 2.00 bits per heavy atom. The second-order valence-corrected chi connectivity index (χ2v) is 4.37. The number of rotatable bonds is 2. The van der Waals surface area contributed by atoms with Gasteiger partial charge in [-0.1, -0.05) is 0 Å². The lowest BCUT2D eigenvalue weighted by Crippen LogP contribution is -2.62. The number of hydrogen-bond donors (Lipinski definition) is 1. The van der Waals surface area contributed by atoms with Crippen LogP contribution in [0, 0.1) is 0 Å². The summed E-state index contributed by atoms with van der Waals surface area (Å²) in [5.41, 5.74) is 5.20. The van der Waals surface area contributed by atoms with Gasteiger partial charge in [0.1, 0.15) is 0 Å². The molecule has 0 radical (unpaired) electrons. The van der Waals surface area contributed by atoms with Crippen molar-refractivity contribution < 1.29 is 14.3 Å². The van der Waals surface area contributed by atoms with E-state index in [1.807, 2.05) is 6.92 Å².